The molecular weight excluding hydrogens is 258 g/mol. The van der Waals surface area contributed by atoms with Crippen molar-refractivity contribution in [3.05, 3.63) is 16.1 Å². The molecule has 2 saturated carbocycles. The van der Waals surface area contributed by atoms with E-state index in [1.165, 1.54) is 12.8 Å². The van der Waals surface area contributed by atoms with Crippen LogP contribution in [-0.2, 0) is 11.3 Å². The molecule has 2 fully saturated rings. The maximum Gasteiger partial charge on any atom is 0.227 e. The maximum atomic E-state index is 12.6. The summed E-state index contributed by atoms with van der Waals surface area (Å²) in [6.07, 6.45) is 3.55. The highest BCUT2D eigenvalue weighted by Gasteiger charge is 2.49. The smallest absolute Gasteiger partial charge is 0.227 e. The van der Waals surface area contributed by atoms with E-state index in [2.05, 4.69) is 4.98 Å². The lowest BCUT2D eigenvalue weighted by Gasteiger charge is -2.30. The SMILES string of the molecule is Cc1nc(CN(C)C(=O)C2C3CCC(C3)C2N)cs1. The van der Waals surface area contributed by atoms with Gasteiger partial charge < -0.3 is 10.6 Å². The van der Waals surface area contributed by atoms with Crippen molar-refractivity contribution in [1.82, 2.24) is 9.88 Å². The predicted octanol–water partition coefficient (Wildman–Crippen LogP) is 1.78. The van der Waals surface area contributed by atoms with E-state index in [1.807, 2.05) is 19.4 Å². The highest BCUT2D eigenvalue weighted by Crippen LogP contribution is 2.48. The lowest BCUT2D eigenvalue weighted by molar-refractivity contribution is -0.137. The minimum Gasteiger partial charge on any atom is -0.340 e. The Bertz CT molecular complexity index is 485. The van der Waals surface area contributed by atoms with Crippen LogP contribution in [-0.4, -0.2) is 28.9 Å². The number of nitrogens with zero attached hydrogens (tertiary/aromatic N) is 2. The third-order valence-electron chi connectivity index (χ3n) is 4.71. The molecule has 0 radical (unpaired) electrons. The van der Waals surface area contributed by atoms with Gasteiger partial charge in [-0.1, -0.05) is 0 Å². The summed E-state index contributed by atoms with van der Waals surface area (Å²) in [4.78, 5) is 18.8. The number of aromatic nitrogens is 1. The van der Waals surface area contributed by atoms with Crippen molar-refractivity contribution in [3.8, 4) is 0 Å². The van der Waals surface area contributed by atoms with Crippen LogP contribution >= 0.6 is 11.3 Å². The number of nitrogens with two attached hydrogens (primary N) is 1. The van der Waals surface area contributed by atoms with Crippen molar-refractivity contribution in [2.24, 2.45) is 23.5 Å². The van der Waals surface area contributed by atoms with Crippen LogP contribution in [0.15, 0.2) is 5.38 Å². The zero-order valence-electron chi connectivity index (χ0n) is 11.5. The number of aryl methyl sites for hydroxylation is 1. The summed E-state index contributed by atoms with van der Waals surface area (Å²) >= 11 is 1.63. The Labute approximate surface area is 118 Å². The molecule has 104 valence electrons. The minimum atomic E-state index is 0.0449. The second-order valence-electron chi connectivity index (χ2n) is 5.99. The Morgan fingerprint density at radius 3 is 2.84 bits per heavy atom. The predicted molar refractivity (Wildman–Crippen MR) is 75.6 cm³/mol. The van der Waals surface area contributed by atoms with Gasteiger partial charge in [0.25, 0.3) is 0 Å². The van der Waals surface area contributed by atoms with Crippen molar-refractivity contribution in [2.75, 3.05) is 7.05 Å². The number of hydrogen-bond acceptors (Lipinski definition) is 4. The highest BCUT2D eigenvalue weighted by atomic mass is 32.1. The van der Waals surface area contributed by atoms with E-state index in [0.717, 1.165) is 17.1 Å². The summed E-state index contributed by atoms with van der Waals surface area (Å²) in [6, 6.07) is 0.0749. The van der Waals surface area contributed by atoms with E-state index in [1.54, 1.807) is 16.2 Å². The molecule has 2 N–H and O–H groups in total. The molecule has 19 heavy (non-hydrogen) atoms. The summed E-state index contributed by atoms with van der Waals surface area (Å²) in [5.74, 6) is 1.36. The van der Waals surface area contributed by atoms with Crippen molar-refractivity contribution in [2.45, 2.75) is 38.8 Å². The molecule has 1 heterocycles. The number of carbonyl (C=O) groups excluding carboxylic acids is 1. The van der Waals surface area contributed by atoms with Crippen LogP contribution in [0.3, 0.4) is 0 Å². The molecule has 5 heteroatoms. The molecule has 4 atom stereocenters. The van der Waals surface area contributed by atoms with Crippen LogP contribution in [0.5, 0.6) is 0 Å². The normalized spacial score (nSPS) is 32.8. The number of hydrogen-bond donors (Lipinski definition) is 1. The Balaban J connectivity index is 1.67. The second-order valence-corrected chi connectivity index (χ2v) is 7.05. The van der Waals surface area contributed by atoms with Gasteiger partial charge >= 0.3 is 0 Å². The molecule has 0 aliphatic heterocycles. The van der Waals surface area contributed by atoms with Gasteiger partial charge in [-0.3, -0.25) is 4.79 Å². The van der Waals surface area contributed by atoms with Crippen LogP contribution in [0.1, 0.15) is 30.0 Å². The summed E-state index contributed by atoms with van der Waals surface area (Å²) in [7, 11) is 1.87. The highest BCUT2D eigenvalue weighted by molar-refractivity contribution is 7.09. The Kier molecular flexibility index (Phi) is 3.35. The molecular formula is C14H21N3OS. The topological polar surface area (TPSA) is 59.2 Å². The molecule has 2 bridgehead atoms. The monoisotopic (exact) mass is 279 g/mol. The molecule has 2 aliphatic carbocycles. The third-order valence-corrected chi connectivity index (χ3v) is 5.53. The first-order valence-corrected chi connectivity index (χ1v) is 7.86. The zero-order valence-corrected chi connectivity index (χ0v) is 12.3. The summed E-state index contributed by atoms with van der Waals surface area (Å²) in [6.45, 7) is 2.59. The average molecular weight is 279 g/mol. The molecule has 1 aromatic rings. The molecule has 2 aliphatic rings. The van der Waals surface area contributed by atoms with Crippen molar-refractivity contribution < 1.29 is 4.79 Å². The summed E-state index contributed by atoms with van der Waals surface area (Å²) in [5, 5.41) is 3.08. The Morgan fingerprint density at radius 1 is 1.53 bits per heavy atom. The van der Waals surface area contributed by atoms with Crippen LogP contribution < -0.4 is 5.73 Å². The van der Waals surface area contributed by atoms with Crippen molar-refractivity contribution in [3.63, 3.8) is 0 Å². The Morgan fingerprint density at radius 2 is 2.26 bits per heavy atom. The van der Waals surface area contributed by atoms with Crippen molar-refractivity contribution in [1.29, 1.82) is 0 Å². The first-order valence-electron chi connectivity index (χ1n) is 6.98. The van der Waals surface area contributed by atoms with Crippen LogP contribution in [0, 0.1) is 24.7 Å². The number of amides is 1. The fourth-order valence-electron chi connectivity index (χ4n) is 3.76. The molecule has 0 saturated heterocycles. The fourth-order valence-corrected chi connectivity index (χ4v) is 4.36. The third kappa shape index (κ3) is 2.30. The van der Waals surface area contributed by atoms with Gasteiger partial charge in [-0.2, -0.15) is 0 Å². The van der Waals surface area contributed by atoms with Gasteiger partial charge in [-0.05, 0) is 38.0 Å². The minimum absolute atomic E-state index is 0.0449. The van der Waals surface area contributed by atoms with E-state index < -0.39 is 0 Å². The van der Waals surface area contributed by atoms with E-state index in [4.69, 9.17) is 5.73 Å². The number of rotatable bonds is 3. The molecule has 0 aromatic carbocycles. The van der Waals surface area contributed by atoms with Gasteiger partial charge in [-0.15, -0.1) is 11.3 Å². The molecule has 4 unspecified atom stereocenters. The van der Waals surface area contributed by atoms with Gasteiger partial charge in [0.1, 0.15) is 0 Å². The first kappa shape index (κ1) is 13.1. The maximum absolute atomic E-state index is 12.6. The first-order chi connectivity index (χ1) is 9.06. The molecule has 0 spiro atoms. The largest absolute Gasteiger partial charge is 0.340 e. The Hall–Kier alpha value is -0.940. The van der Waals surface area contributed by atoms with E-state index in [9.17, 15) is 4.79 Å². The summed E-state index contributed by atoms with van der Waals surface area (Å²) < 4.78 is 0. The van der Waals surface area contributed by atoms with Crippen LogP contribution in [0.4, 0.5) is 0 Å². The second kappa shape index (κ2) is 4.87. The van der Waals surface area contributed by atoms with E-state index >= 15 is 0 Å². The number of carbonyl (C=O) groups is 1. The van der Waals surface area contributed by atoms with E-state index in [-0.39, 0.29) is 17.9 Å². The lowest BCUT2D eigenvalue weighted by atomic mass is 9.84. The number of thiazole rings is 1. The van der Waals surface area contributed by atoms with Crippen molar-refractivity contribution >= 4 is 17.2 Å². The fraction of sp³-hybridized carbons (Fsp3) is 0.714. The molecule has 3 rings (SSSR count). The molecule has 1 aromatic heterocycles. The number of fused-ring (bicyclic) bond motifs is 2. The van der Waals surface area contributed by atoms with E-state index in [0.29, 0.717) is 18.4 Å². The van der Waals surface area contributed by atoms with Gasteiger partial charge in [0.15, 0.2) is 0 Å². The summed E-state index contributed by atoms with van der Waals surface area (Å²) in [5.41, 5.74) is 7.22. The quantitative estimate of drug-likeness (QED) is 0.917. The van der Waals surface area contributed by atoms with Gasteiger partial charge in [-0.25, -0.2) is 4.98 Å². The van der Waals surface area contributed by atoms with Crippen LogP contribution in [0.2, 0.25) is 0 Å². The standard InChI is InChI=1S/C14H21N3OS/c1-8-16-11(7-19-8)6-17(2)14(18)12-9-3-4-10(5-9)13(12)15/h7,9-10,12-13H,3-6,15H2,1-2H3. The average Bonchev–Trinajstić information content (AvgIpc) is 3.05. The van der Waals surface area contributed by atoms with Crippen LogP contribution in [0.25, 0.3) is 0 Å². The zero-order chi connectivity index (χ0) is 13.6. The lowest BCUT2D eigenvalue weighted by Crippen LogP contribution is -2.45. The molecule has 1 amide bonds. The van der Waals surface area contributed by atoms with Gasteiger partial charge in [0, 0.05) is 18.5 Å². The molecule has 4 nitrogen and oxygen atoms in total. The van der Waals surface area contributed by atoms with Gasteiger partial charge in [0.05, 0.1) is 23.2 Å². The van der Waals surface area contributed by atoms with Gasteiger partial charge in [0.2, 0.25) is 5.91 Å².